The van der Waals surface area contributed by atoms with Crippen molar-refractivity contribution in [3.8, 4) is 0 Å². The summed E-state index contributed by atoms with van der Waals surface area (Å²) >= 11 is 1.65. The Balaban J connectivity index is 1.37. The van der Waals surface area contributed by atoms with Crippen LogP contribution in [0.15, 0.2) is 53.5 Å². The molecule has 0 N–H and O–H groups in total. The average Bonchev–Trinajstić information content (AvgIpc) is 3.35. The maximum absolute atomic E-state index is 12.6. The lowest BCUT2D eigenvalue weighted by molar-refractivity contribution is -0.132. The summed E-state index contributed by atoms with van der Waals surface area (Å²) in [6, 6.07) is 12.4. The van der Waals surface area contributed by atoms with Crippen molar-refractivity contribution in [1.29, 1.82) is 0 Å². The van der Waals surface area contributed by atoms with E-state index in [9.17, 15) is 4.79 Å². The average molecular weight is 381 g/mol. The predicted molar refractivity (Wildman–Crippen MR) is 107 cm³/mol. The van der Waals surface area contributed by atoms with Gasteiger partial charge in [-0.1, -0.05) is 30.3 Å². The molecule has 1 fully saturated rings. The van der Waals surface area contributed by atoms with Gasteiger partial charge in [-0.3, -0.25) is 4.79 Å². The van der Waals surface area contributed by atoms with Crippen LogP contribution in [-0.4, -0.2) is 38.7 Å². The summed E-state index contributed by atoms with van der Waals surface area (Å²) < 4.78 is 2.13. The van der Waals surface area contributed by atoms with Gasteiger partial charge in [0.2, 0.25) is 5.91 Å². The monoisotopic (exact) mass is 380 g/mol. The van der Waals surface area contributed by atoms with Crippen LogP contribution in [0.2, 0.25) is 0 Å². The van der Waals surface area contributed by atoms with E-state index in [-0.39, 0.29) is 5.91 Å². The minimum Gasteiger partial charge on any atom is -0.342 e. The zero-order valence-corrected chi connectivity index (χ0v) is 16.1. The van der Waals surface area contributed by atoms with E-state index < -0.39 is 0 Å². The summed E-state index contributed by atoms with van der Waals surface area (Å²) in [6.45, 7) is 2.48. The predicted octanol–water partition coefficient (Wildman–Crippen LogP) is 3.41. The number of likely N-dealkylation sites (tertiary alicyclic amines) is 1. The molecule has 0 bridgehead atoms. The van der Waals surface area contributed by atoms with Gasteiger partial charge in [0.25, 0.3) is 0 Å². The SMILES string of the molecule is O=C(Cc1ccsc1)N1CCCC(Cc2nncn2Cc2ccccc2)C1. The highest BCUT2D eigenvalue weighted by molar-refractivity contribution is 7.08. The number of piperidine rings is 1. The molecule has 1 saturated heterocycles. The lowest BCUT2D eigenvalue weighted by atomic mass is 9.94. The molecule has 1 unspecified atom stereocenters. The van der Waals surface area contributed by atoms with Gasteiger partial charge in [-0.15, -0.1) is 10.2 Å². The maximum Gasteiger partial charge on any atom is 0.227 e. The number of benzene rings is 1. The summed E-state index contributed by atoms with van der Waals surface area (Å²) in [4.78, 5) is 14.7. The third kappa shape index (κ3) is 4.63. The second-order valence-electron chi connectivity index (χ2n) is 7.22. The largest absolute Gasteiger partial charge is 0.342 e. The van der Waals surface area contributed by atoms with Crippen LogP contribution in [0.5, 0.6) is 0 Å². The van der Waals surface area contributed by atoms with Crippen LogP contribution in [0.3, 0.4) is 0 Å². The zero-order valence-electron chi connectivity index (χ0n) is 15.3. The molecule has 140 valence electrons. The van der Waals surface area contributed by atoms with Crippen molar-refractivity contribution in [3.63, 3.8) is 0 Å². The van der Waals surface area contributed by atoms with Crippen LogP contribution in [0.4, 0.5) is 0 Å². The molecule has 0 saturated carbocycles. The summed E-state index contributed by atoms with van der Waals surface area (Å²) in [5.74, 6) is 1.70. The van der Waals surface area contributed by atoms with E-state index in [1.54, 1.807) is 11.3 Å². The molecular weight excluding hydrogens is 356 g/mol. The second kappa shape index (κ2) is 8.48. The number of nitrogens with zero attached hydrogens (tertiary/aromatic N) is 4. The molecule has 0 radical (unpaired) electrons. The number of carbonyl (C=O) groups is 1. The van der Waals surface area contributed by atoms with Gasteiger partial charge >= 0.3 is 0 Å². The lowest BCUT2D eigenvalue weighted by Crippen LogP contribution is -2.41. The van der Waals surface area contributed by atoms with Gasteiger partial charge in [0.1, 0.15) is 12.2 Å². The molecule has 1 aliphatic heterocycles. The maximum atomic E-state index is 12.6. The normalized spacial score (nSPS) is 17.2. The van der Waals surface area contributed by atoms with Crippen molar-refractivity contribution in [2.45, 2.75) is 32.2 Å². The minimum absolute atomic E-state index is 0.240. The first-order valence-electron chi connectivity index (χ1n) is 9.47. The molecule has 5 nitrogen and oxygen atoms in total. The molecular formula is C21H24N4OS. The molecule has 2 aromatic heterocycles. The number of rotatable bonds is 6. The fraction of sp³-hybridized carbons (Fsp3) is 0.381. The molecule has 1 aliphatic rings. The fourth-order valence-electron chi connectivity index (χ4n) is 3.75. The molecule has 6 heteroatoms. The first kappa shape index (κ1) is 17.9. The van der Waals surface area contributed by atoms with Crippen LogP contribution in [-0.2, 0) is 24.2 Å². The summed E-state index contributed by atoms with van der Waals surface area (Å²) in [6.07, 6.45) is 5.40. The molecule has 3 heterocycles. The van der Waals surface area contributed by atoms with Gasteiger partial charge in [-0.25, -0.2) is 0 Å². The van der Waals surface area contributed by atoms with E-state index >= 15 is 0 Å². The Morgan fingerprint density at radius 1 is 1.19 bits per heavy atom. The summed E-state index contributed by atoms with van der Waals surface area (Å²) in [7, 11) is 0. The first-order valence-corrected chi connectivity index (χ1v) is 10.4. The molecule has 3 aromatic rings. The Morgan fingerprint density at radius 2 is 2.07 bits per heavy atom. The second-order valence-corrected chi connectivity index (χ2v) is 8.00. The number of aromatic nitrogens is 3. The molecule has 1 atom stereocenters. The van der Waals surface area contributed by atoms with Crippen molar-refractivity contribution in [3.05, 3.63) is 70.4 Å². The minimum atomic E-state index is 0.240. The number of carbonyl (C=O) groups excluding carboxylic acids is 1. The van der Waals surface area contributed by atoms with Crippen LogP contribution in [0, 0.1) is 5.92 Å². The van der Waals surface area contributed by atoms with Gasteiger partial charge in [0, 0.05) is 19.5 Å². The van der Waals surface area contributed by atoms with E-state index in [1.807, 2.05) is 28.7 Å². The van der Waals surface area contributed by atoms with Crippen LogP contribution < -0.4 is 0 Å². The molecule has 0 spiro atoms. The van der Waals surface area contributed by atoms with Crippen molar-refractivity contribution in [2.24, 2.45) is 5.92 Å². The molecule has 1 aromatic carbocycles. The van der Waals surface area contributed by atoms with Gasteiger partial charge in [-0.2, -0.15) is 11.3 Å². The van der Waals surface area contributed by atoms with E-state index in [0.717, 1.165) is 50.3 Å². The summed E-state index contributed by atoms with van der Waals surface area (Å²) in [5, 5.41) is 12.6. The fourth-order valence-corrected chi connectivity index (χ4v) is 4.41. The lowest BCUT2D eigenvalue weighted by Gasteiger charge is -2.32. The zero-order chi connectivity index (χ0) is 18.5. The molecule has 27 heavy (non-hydrogen) atoms. The van der Waals surface area contributed by atoms with Gasteiger partial charge in [0.05, 0.1) is 13.0 Å². The molecule has 4 rings (SSSR count). The van der Waals surface area contributed by atoms with Crippen molar-refractivity contribution in [1.82, 2.24) is 19.7 Å². The highest BCUT2D eigenvalue weighted by Crippen LogP contribution is 2.21. The third-order valence-electron chi connectivity index (χ3n) is 5.17. The molecule has 1 amide bonds. The van der Waals surface area contributed by atoms with Gasteiger partial charge in [0.15, 0.2) is 0 Å². The van der Waals surface area contributed by atoms with Crippen LogP contribution in [0.25, 0.3) is 0 Å². The van der Waals surface area contributed by atoms with E-state index in [1.165, 1.54) is 5.56 Å². The Hall–Kier alpha value is -2.47. The standard InChI is InChI=1S/C21H24N4OS/c26-21(12-19-8-10-27-15-19)24-9-4-7-18(14-24)11-20-23-22-16-25(20)13-17-5-2-1-3-6-17/h1-3,5-6,8,10,15-16,18H,4,7,9,11-14H2. The highest BCUT2D eigenvalue weighted by atomic mass is 32.1. The number of amides is 1. The first-order chi connectivity index (χ1) is 13.3. The highest BCUT2D eigenvalue weighted by Gasteiger charge is 2.25. The number of hydrogen-bond acceptors (Lipinski definition) is 4. The van der Waals surface area contributed by atoms with Crippen molar-refractivity contribution < 1.29 is 4.79 Å². The third-order valence-corrected chi connectivity index (χ3v) is 5.90. The quantitative estimate of drug-likeness (QED) is 0.658. The van der Waals surface area contributed by atoms with Gasteiger partial charge < -0.3 is 9.47 Å². The Morgan fingerprint density at radius 3 is 2.89 bits per heavy atom. The number of thiophene rings is 1. The Kier molecular flexibility index (Phi) is 5.63. The van der Waals surface area contributed by atoms with Crippen LogP contribution in [0.1, 0.15) is 29.8 Å². The van der Waals surface area contributed by atoms with Crippen molar-refractivity contribution >= 4 is 17.2 Å². The smallest absolute Gasteiger partial charge is 0.227 e. The topological polar surface area (TPSA) is 51.0 Å². The Bertz CT molecular complexity index is 859. The molecule has 0 aliphatic carbocycles. The van der Waals surface area contributed by atoms with E-state index in [4.69, 9.17) is 0 Å². The van der Waals surface area contributed by atoms with E-state index in [2.05, 4.69) is 44.4 Å². The van der Waals surface area contributed by atoms with Gasteiger partial charge in [-0.05, 0) is 46.7 Å². The van der Waals surface area contributed by atoms with E-state index in [0.29, 0.717) is 12.3 Å². The van der Waals surface area contributed by atoms with Crippen molar-refractivity contribution in [2.75, 3.05) is 13.1 Å². The summed E-state index contributed by atoms with van der Waals surface area (Å²) in [5.41, 5.74) is 2.37. The Labute approximate surface area is 163 Å². The van der Waals surface area contributed by atoms with Crippen LogP contribution >= 0.6 is 11.3 Å². The number of hydrogen-bond donors (Lipinski definition) is 0.